The van der Waals surface area contributed by atoms with Crippen LogP contribution in [0.1, 0.15) is 56.9 Å². The quantitative estimate of drug-likeness (QED) is 0.299. The number of nitrogens with one attached hydrogen (secondary N) is 3. The maximum atomic E-state index is 13.8. The maximum Gasteiger partial charge on any atom is 1.00 e. The van der Waals surface area contributed by atoms with E-state index in [-0.39, 0.29) is 57.8 Å². The first-order chi connectivity index (χ1) is 15.7. The number of ketones is 1. The molecule has 2 aromatic rings. The van der Waals surface area contributed by atoms with Crippen LogP contribution in [0.5, 0.6) is 0 Å². The van der Waals surface area contributed by atoms with Gasteiger partial charge in [0, 0.05) is 23.5 Å². The summed E-state index contributed by atoms with van der Waals surface area (Å²) >= 11 is 0. The van der Waals surface area contributed by atoms with Gasteiger partial charge < -0.3 is 26.7 Å². The number of carbonyl (C=O) groups is 3. The van der Waals surface area contributed by atoms with Crippen molar-refractivity contribution < 1.29 is 48.3 Å². The van der Waals surface area contributed by atoms with Gasteiger partial charge in [-0.15, -0.1) is 5.70 Å². The molecule has 1 aliphatic heterocycles. The second kappa shape index (κ2) is 9.62. The van der Waals surface area contributed by atoms with E-state index >= 15 is 0 Å². The zero-order valence-electron chi connectivity index (χ0n) is 18.9. The van der Waals surface area contributed by atoms with Crippen molar-refractivity contribution >= 4 is 23.3 Å². The van der Waals surface area contributed by atoms with Crippen LogP contribution in [0.25, 0.3) is 5.73 Å². The van der Waals surface area contributed by atoms with Gasteiger partial charge in [-0.25, -0.2) is 4.39 Å². The summed E-state index contributed by atoms with van der Waals surface area (Å²) in [6, 6.07) is 5.33. The molecule has 34 heavy (non-hydrogen) atoms. The third-order valence-corrected chi connectivity index (χ3v) is 6.13. The maximum absolute atomic E-state index is 13.8. The summed E-state index contributed by atoms with van der Waals surface area (Å²) in [6.07, 6.45) is 3.38. The molecule has 1 fully saturated rings. The summed E-state index contributed by atoms with van der Waals surface area (Å²) in [7, 11) is 0. The fraction of sp³-hybridized carbons (Fsp3) is 0.304. The number of carbonyl (C=O) groups excluding carboxylic acids is 3. The van der Waals surface area contributed by atoms with Crippen LogP contribution in [0, 0.1) is 24.1 Å². The average molecular weight is 472 g/mol. The minimum atomic E-state index is -0.908. The van der Waals surface area contributed by atoms with Crippen molar-refractivity contribution in [3.8, 4) is 6.07 Å². The number of nitriles is 1. The van der Waals surface area contributed by atoms with Crippen LogP contribution in [0.15, 0.2) is 30.1 Å². The van der Waals surface area contributed by atoms with E-state index in [2.05, 4.69) is 10.6 Å². The van der Waals surface area contributed by atoms with Gasteiger partial charge in [0.05, 0.1) is 17.2 Å². The number of halogens is 1. The van der Waals surface area contributed by atoms with E-state index in [4.69, 9.17) is 16.7 Å². The van der Waals surface area contributed by atoms with E-state index < -0.39 is 29.0 Å². The van der Waals surface area contributed by atoms with Gasteiger partial charge in [0.1, 0.15) is 11.5 Å². The molecular weight excluding hydrogens is 450 g/mol. The Labute approximate surface area is 217 Å². The van der Waals surface area contributed by atoms with Crippen molar-refractivity contribution in [2.75, 3.05) is 5.32 Å². The monoisotopic (exact) mass is 472 g/mol. The second-order valence-corrected chi connectivity index (χ2v) is 8.29. The Hall–Kier alpha value is -3.13. The summed E-state index contributed by atoms with van der Waals surface area (Å²) in [5.41, 5.74) is 14.0. The van der Waals surface area contributed by atoms with Gasteiger partial charge in [0.2, 0.25) is 0 Å². The molecule has 0 spiro atoms. The van der Waals surface area contributed by atoms with Crippen molar-refractivity contribution in [2.45, 2.75) is 44.7 Å². The number of hydrogen-bond acceptors (Lipinski definition) is 5. The van der Waals surface area contributed by atoms with E-state index in [9.17, 15) is 18.8 Å². The van der Waals surface area contributed by atoms with Crippen LogP contribution in [0.3, 0.4) is 0 Å². The van der Waals surface area contributed by atoms with Crippen LogP contribution in [0.2, 0.25) is 0 Å². The Kier molecular flexibility index (Phi) is 7.21. The molecule has 1 aromatic carbocycles. The van der Waals surface area contributed by atoms with Crippen LogP contribution in [0.4, 0.5) is 10.1 Å². The molecule has 11 heteroatoms. The molecule has 2 amide bonds. The predicted octanol–water partition coefficient (Wildman–Crippen LogP) is -0.306. The molecule has 1 aromatic heterocycles. The molecule has 0 atom stereocenters. The first-order valence-corrected chi connectivity index (χ1v) is 10.5. The Morgan fingerprint density at radius 2 is 2.00 bits per heavy atom. The molecule has 0 radical (unpaired) electrons. The first-order valence-electron chi connectivity index (χ1n) is 10.5. The minimum Gasteiger partial charge on any atom is -0.699 e. The largest absolute Gasteiger partial charge is 1.00 e. The smallest absolute Gasteiger partial charge is 0.699 e. The van der Waals surface area contributed by atoms with E-state index in [1.54, 1.807) is 11.5 Å². The van der Waals surface area contributed by atoms with E-state index in [0.29, 0.717) is 43.5 Å². The molecular formula is C23H22FN6NaO3. The Morgan fingerprint density at radius 1 is 1.29 bits per heavy atom. The fourth-order valence-corrected chi connectivity index (χ4v) is 4.36. The summed E-state index contributed by atoms with van der Waals surface area (Å²) in [6.45, 7) is 2.09. The number of fused-ring (bicyclic) bond motifs is 1. The third kappa shape index (κ3) is 4.46. The molecule has 5 N–H and O–H groups in total. The molecule has 0 saturated heterocycles. The predicted molar refractivity (Wildman–Crippen MR) is 118 cm³/mol. The molecule has 1 aliphatic carbocycles. The fourth-order valence-electron chi connectivity index (χ4n) is 4.36. The first kappa shape index (κ1) is 25.5. The van der Waals surface area contributed by atoms with E-state index in [0.717, 1.165) is 18.3 Å². The van der Waals surface area contributed by atoms with Crippen LogP contribution in [-0.4, -0.2) is 27.7 Å². The summed E-state index contributed by atoms with van der Waals surface area (Å²) in [5.74, 6) is -2.85. The van der Waals surface area contributed by atoms with Crippen LogP contribution < -0.4 is 45.9 Å². The SMILES string of the molecule is Cc1c(C(=O)C(=O)NC2(/C([NH-])=C/N)CC2)c2n(c1C(=O)Nc1cc(F)cc(C#N)c1)CCC2.[Na+]. The molecule has 4 rings (SSSR count). The number of nitrogens with two attached hydrogens (primary N) is 1. The number of anilines is 1. The normalized spacial score (nSPS) is 15.5. The van der Waals surface area contributed by atoms with Crippen LogP contribution >= 0.6 is 0 Å². The minimum absolute atomic E-state index is 0. The number of hydrogen-bond donors (Lipinski definition) is 3. The second-order valence-electron chi connectivity index (χ2n) is 8.29. The van der Waals surface area contributed by atoms with Gasteiger partial charge in [0.15, 0.2) is 0 Å². The molecule has 2 heterocycles. The van der Waals surface area contributed by atoms with Crippen molar-refractivity contribution in [2.24, 2.45) is 5.73 Å². The van der Waals surface area contributed by atoms with Crippen molar-refractivity contribution in [1.82, 2.24) is 9.88 Å². The zero-order chi connectivity index (χ0) is 23.9. The van der Waals surface area contributed by atoms with Gasteiger partial charge >= 0.3 is 29.6 Å². The van der Waals surface area contributed by atoms with E-state index in [1.807, 2.05) is 6.07 Å². The molecule has 0 unspecified atom stereocenters. The van der Waals surface area contributed by atoms with Gasteiger partial charge in [-0.05, 0) is 62.6 Å². The van der Waals surface area contributed by atoms with Gasteiger partial charge in [-0.2, -0.15) is 5.26 Å². The van der Waals surface area contributed by atoms with Crippen molar-refractivity contribution in [1.29, 1.82) is 5.26 Å². The summed E-state index contributed by atoms with van der Waals surface area (Å²) < 4.78 is 15.5. The topological polar surface area (TPSA) is 154 Å². The number of benzene rings is 1. The average Bonchev–Trinajstić information content (AvgIpc) is 3.31. The van der Waals surface area contributed by atoms with Gasteiger partial charge in [0.25, 0.3) is 17.6 Å². The van der Waals surface area contributed by atoms with Gasteiger partial charge in [-0.3, -0.25) is 14.4 Å². The van der Waals surface area contributed by atoms with Crippen molar-refractivity contribution in [3.05, 3.63) is 69.7 Å². The van der Waals surface area contributed by atoms with Gasteiger partial charge in [-0.1, -0.05) is 0 Å². The Morgan fingerprint density at radius 3 is 2.62 bits per heavy atom. The molecule has 0 bridgehead atoms. The number of Topliss-reactive ketones (excluding diaryl/α,β-unsaturated/α-hetero) is 1. The standard InChI is InChI=1S/C23H23FN6O3.Na/c1-12-18(20(31)22(33)29-23(4-5-23)17(27)11-26)16-3-2-6-30(16)19(12)21(32)28-15-8-13(10-25)7-14(24)9-15;/h7-9,11H,2-6H2,1H3,(H6,26,27,28,29,31,32,33);/q;+1/p-1. The third-order valence-electron chi connectivity index (χ3n) is 6.13. The zero-order valence-corrected chi connectivity index (χ0v) is 20.9. The number of amides is 2. The Balaban J connectivity index is 0.00000324. The molecule has 1 saturated carbocycles. The summed E-state index contributed by atoms with van der Waals surface area (Å²) in [4.78, 5) is 38.9. The number of aromatic nitrogens is 1. The Bertz CT molecular complexity index is 1270. The van der Waals surface area contributed by atoms with Crippen molar-refractivity contribution in [3.63, 3.8) is 0 Å². The molecule has 170 valence electrons. The molecule has 9 nitrogen and oxygen atoms in total. The molecule has 2 aliphatic rings. The summed E-state index contributed by atoms with van der Waals surface area (Å²) in [5, 5.41) is 14.2. The van der Waals surface area contributed by atoms with E-state index in [1.165, 1.54) is 6.07 Å². The van der Waals surface area contributed by atoms with Crippen LogP contribution in [-0.2, 0) is 17.8 Å². The number of nitrogens with zero attached hydrogens (tertiary/aromatic N) is 2. The number of rotatable bonds is 6.